The van der Waals surface area contributed by atoms with Gasteiger partial charge in [-0.15, -0.1) is 0 Å². The molecule has 0 aliphatic carbocycles. The van der Waals surface area contributed by atoms with Crippen LogP contribution in [0.5, 0.6) is 11.5 Å². The number of imidazole rings is 1. The van der Waals surface area contributed by atoms with E-state index < -0.39 is 0 Å². The fraction of sp³-hybridized carbons (Fsp3) is 0.409. The molecule has 4 nitrogen and oxygen atoms in total. The number of nitrogens with one attached hydrogen (secondary N) is 1. The van der Waals surface area contributed by atoms with Crippen LogP contribution in [0.2, 0.25) is 0 Å². The number of hydrogen-bond acceptors (Lipinski definition) is 3. The highest BCUT2D eigenvalue weighted by atomic mass is 16.5. The maximum atomic E-state index is 5.92. The smallest absolute Gasteiger partial charge is 0.161 e. The van der Waals surface area contributed by atoms with Crippen LogP contribution in [-0.2, 0) is 0 Å². The highest BCUT2D eigenvalue weighted by molar-refractivity contribution is 5.81. The van der Waals surface area contributed by atoms with Crippen LogP contribution in [0.15, 0.2) is 30.3 Å². The first-order valence-corrected chi connectivity index (χ1v) is 9.49. The van der Waals surface area contributed by atoms with Gasteiger partial charge in [0.15, 0.2) is 11.5 Å². The molecule has 1 heterocycles. The topological polar surface area (TPSA) is 47.1 Å². The van der Waals surface area contributed by atoms with Crippen molar-refractivity contribution in [2.45, 2.75) is 47.0 Å². The molecule has 0 saturated heterocycles. The zero-order chi connectivity index (χ0) is 18.5. The minimum atomic E-state index is 0.604. The molecule has 0 amide bonds. The molecule has 0 aliphatic rings. The van der Waals surface area contributed by atoms with E-state index in [9.17, 15) is 0 Å². The molecule has 0 radical (unpaired) electrons. The third-order valence-electron chi connectivity index (χ3n) is 4.62. The zero-order valence-electron chi connectivity index (χ0n) is 16.2. The fourth-order valence-corrected chi connectivity index (χ4v) is 2.98. The number of rotatable bonds is 8. The summed E-state index contributed by atoms with van der Waals surface area (Å²) in [6, 6.07) is 10.3. The molecule has 4 heteroatoms. The van der Waals surface area contributed by atoms with E-state index in [1.165, 1.54) is 24.0 Å². The van der Waals surface area contributed by atoms with Crippen molar-refractivity contribution < 1.29 is 9.47 Å². The molecule has 26 heavy (non-hydrogen) atoms. The molecule has 0 atom stereocenters. The SMILES string of the molecule is CCCCCOc1ccc(-c2nc3cc(C)c(C)cc3[nH]2)cc1OCC. The normalized spacial score (nSPS) is 11.1. The minimum absolute atomic E-state index is 0.604. The molecule has 3 rings (SSSR count). The lowest BCUT2D eigenvalue weighted by molar-refractivity contribution is 0.271. The molecule has 0 aliphatic heterocycles. The standard InChI is InChI=1S/C22H28N2O2/c1-5-7-8-11-26-20-10-9-17(14-21(20)25-6-2)22-23-18-12-15(3)16(4)13-19(18)24-22/h9-10,12-14H,5-8,11H2,1-4H3,(H,23,24). The molecule has 0 fully saturated rings. The van der Waals surface area contributed by atoms with Gasteiger partial charge in [-0.2, -0.15) is 0 Å². The van der Waals surface area contributed by atoms with Gasteiger partial charge in [0, 0.05) is 5.56 Å². The summed E-state index contributed by atoms with van der Waals surface area (Å²) in [5.41, 5.74) is 5.56. The Bertz CT molecular complexity index is 844. The molecular formula is C22H28N2O2. The number of nitrogens with zero attached hydrogens (tertiary/aromatic N) is 1. The Morgan fingerprint density at radius 1 is 0.923 bits per heavy atom. The quantitative estimate of drug-likeness (QED) is 0.520. The molecule has 2 aromatic carbocycles. The van der Waals surface area contributed by atoms with Crippen LogP contribution in [-0.4, -0.2) is 23.2 Å². The van der Waals surface area contributed by atoms with E-state index >= 15 is 0 Å². The van der Waals surface area contributed by atoms with Gasteiger partial charge in [0.2, 0.25) is 0 Å². The lowest BCUT2D eigenvalue weighted by Crippen LogP contribution is -2.01. The molecule has 0 unspecified atom stereocenters. The van der Waals surface area contributed by atoms with Crippen LogP contribution in [0.4, 0.5) is 0 Å². The van der Waals surface area contributed by atoms with Gasteiger partial charge in [0.25, 0.3) is 0 Å². The number of ether oxygens (including phenoxy) is 2. The van der Waals surface area contributed by atoms with E-state index in [4.69, 9.17) is 14.5 Å². The summed E-state index contributed by atoms with van der Waals surface area (Å²) in [5, 5.41) is 0. The second-order valence-corrected chi connectivity index (χ2v) is 6.69. The van der Waals surface area contributed by atoms with Crippen molar-refractivity contribution in [1.82, 2.24) is 9.97 Å². The summed E-state index contributed by atoms with van der Waals surface area (Å²) >= 11 is 0. The Morgan fingerprint density at radius 2 is 1.73 bits per heavy atom. The highest BCUT2D eigenvalue weighted by Gasteiger charge is 2.11. The average Bonchev–Trinajstić information content (AvgIpc) is 3.03. The first-order chi connectivity index (χ1) is 12.6. The number of hydrogen-bond donors (Lipinski definition) is 1. The van der Waals surface area contributed by atoms with Crippen molar-refractivity contribution in [3.63, 3.8) is 0 Å². The Balaban J connectivity index is 1.88. The van der Waals surface area contributed by atoms with Gasteiger partial charge < -0.3 is 14.5 Å². The Hall–Kier alpha value is -2.49. The Morgan fingerprint density at radius 3 is 2.50 bits per heavy atom. The predicted molar refractivity (Wildman–Crippen MR) is 107 cm³/mol. The number of H-pyrrole nitrogens is 1. The molecule has 0 saturated carbocycles. The van der Waals surface area contributed by atoms with E-state index in [1.54, 1.807) is 0 Å². The number of unbranched alkanes of at least 4 members (excludes halogenated alkanes) is 2. The third-order valence-corrected chi connectivity index (χ3v) is 4.62. The summed E-state index contributed by atoms with van der Waals surface area (Å²) in [4.78, 5) is 8.17. The van der Waals surface area contributed by atoms with Crippen LogP contribution in [0.1, 0.15) is 44.2 Å². The van der Waals surface area contributed by atoms with Crippen LogP contribution >= 0.6 is 0 Å². The van der Waals surface area contributed by atoms with E-state index in [1.807, 2.05) is 25.1 Å². The first-order valence-electron chi connectivity index (χ1n) is 9.49. The van der Waals surface area contributed by atoms with Crippen LogP contribution < -0.4 is 9.47 Å². The predicted octanol–water partition coefficient (Wildman–Crippen LogP) is 5.81. The number of aromatic nitrogens is 2. The highest BCUT2D eigenvalue weighted by Crippen LogP contribution is 2.33. The second kappa shape index (κ2) is 8.26. The van der Waals surface area contributed by atoms with Gasteiger partial charge in [-0.1, -0.05) is 19.8 Å². The molecule has 1 aromatic heterocycles. The van der Waals surface area contributed by atoms with Crippen LogP contribution in [0, 0.1) is 13.8 Å². The van der Waals surface area contributed by atoms with E-state index in [0.717, 1.165) is 46.9 Å². The number of benzene rings is 2. The van der Waals surface area contributed by atoms with Crippen molar-refractivity contribution in [2.24, 2.45) is 0 Å². The Kier molecular flexibility index (Phi) is 5.82. The molecule has 3 aromatic rings. The summed E-state index contributed by atoms with van der Waals surface area (Å²) in [7, 11) is 0. The summed E-state index contributed by atoms with van der Waals surface area (Å²) in [6.07, 6.45) is 3.43. The van der Waals surface area contributed by atoms with Crippen LogP contribution in [0.3, 0.4) is 0 Å². The Labute approximate surface area is 155 Å². The first kappa shape index (κ1) is 18.3. The number of aromatic amines is 1. The maximum Gasteiger partial charge on any atom is 0.161 e. The van der Waals surface area contributed by atoms with Gasteiger partial charge in [-0.3, -0.25) is 0 Å². The van der Waals surface area contributed by atoms with Crippen LogP contribution in [0.25, 0.3) is 22.4 Å². The number of aryl methyl sites for hydroxylation is 2. The zero-order valence-corrected chi connectivity index (χ0v) is 16.2. The van der Waals surface area contributed by atoms with Gasteiger partial charge in [-0.25, -0.2) is 4.98 Å². The van der Waals surface area contributed by atoms with E-state index in [2.05, 4.69) is 37.9 Å². The van der Waals surface area contributed by atoms with E-state index in [-0.39, 0.29) is 0 Å². The van der Waals surface area contributed by atoms with Gasteiger partial charge >= 0.3 is 0 Å². The van der Waals surface area contributed by atoms with Crippen molar-refractivity contribution in [2.75, 3.05) is 13.2 Å². The maximum absolute atomic E-state index is 5.92. The van der Waals surface area contributed by atoms with Gasteiger partial charge in [0.05, 0.1) is 24.2 Å². The molecular weight excluding hydrogens is 324 g/mol. The fourth-order valence-electron chi connectivity index (χ4n) is 2.98. The lowest BCUT2D eigenvalue weighted by atomic mass is 10.1. The van der Waals surface area contributed by atoms with Crippen molar-refractivity contribution in [3.8, 4) is 22.9 Å². The third kappa shape index (κ3) is 4.01. The summed E-state index contributed by atoms with van der Waals surface area (Å²) < 4.78 is 11.7. The molecule has 138 valence electrons. The minimum Gasteiger partial charge on any atom is -0.490 e. The van der Waals surface area contributed by atoms with Crippen molar-refractivity contribution in [3.05, 3.63) is 41.5 Å². The second-order valence-electron chi connectivity index (χ2n) is 6.69. The molecule has 0 spiro atoms. The molecule has 1 N–H and O–H groups in total. The van der Waals surface area contributed by atoms with Gasteiger partial charge in [0.1, 0.15) is 5.82 Å². The van der Waals surface area contributed by atoms with Crippen molar-refractivity contribution in [1.29, 1.82) is 0 Å². The monoisotopic (exact) mass is 352 g/mol. The average molecular weight is 352 g/mol. The largest absolute Gasteiger partial charge is 0.490 e. The summed E-state index contributed by atoms with van der Waals surface area (Å²) in [6.45, 7) is 9.73. The van der Waals surface area contributed by atoms with Gasteiger partial charge in [-0.05, 0) is 68.7 Å². The number of fused-ring (bicyclic) bond motifs is 1. The van der Waals surface area contributed by atoms with E-state index in [0.29, 0.717) is 6.61 Å². The van der Waals surface area contributed by atoms with Crippen molar-refractivity contribution >= 4 is 11.0 Å². The lowest BCUT2D eigenvalue weighted by Gasteiger charge is -2.12. The summed E-state index contributed by atoms with van der Waals surface area (Å²) in [5.74, 6) is 2.42. The molecule has 0 bridgehead atoms.